The predicted molar refractivity (Wildman–Crippen MR) is 148 cm³/mol. The summed E-state index contributed by atoms with van der Waals surface area (Å²) in [6, 6.07) is 16.5. The molecule has 2 saturated heterocycles. The first-order chi connectivity index (χ1) is 18.7. The summed E-state index contributed by atoms with van der Waals surface area (Å²) in [7, 11) is 1.56. The van der Waals surface area contributed by atoms with Gasteiger partial charge in [0.15, 0.2) is 0 Å². The van der Waals surface area contributed by atoms with Crippen molar-refractivity contribution < 1.29 is 19.2 Å². The Labute approximate surface area is 234 Å². The van der Waals surface area contributed by atoms with Crippen molar-refractivity contribution in [1.82, 2.24) is 24.9 Å². The Morgan fingerprint density at radius 1 is 0.974 bits per heavy atom. The van der Waals surface area contributed by atoms with Crippen LogP contribution in [0.2, 0.25) is 0 Å². The molecule has 2 aliphatic heterocycles. The van der Waals surface area contributed by atoms with Gasteiger partial charge in [-0.3, -0.25) is 19.2 Å². The third-order valence-corrected chi connectivity index (χ3v) is 8.01. The van der Waals surface area contributed by atoms with Crippen molar-refractivity contribution in [3.05, 3.63) is 71.8 Å². The van der Waals surface area contributed by atoms with Crippen molar-refractivity contribution in [3.63, 3.8) is 0 Å². The number of carbonyl (C=O) groups excluding carboxylic acids is 4. The minimum absolute atomic E-state index is 0.0346. The lowest BCUT2D eigenvalue weighted by molar-refractivity contribution is -0.147. The molecule has 0 bridgehead atoms. The molecule has 208 valence electrons. The van der Waals surface area contributed by atoms with Gasteiger partial charge in [0.1, 0.15) is 18.1 Å². The molecule has 10 heteroatoms. The lowest BCUT2D eigenvalue weighted by Gasteiger charge is -2.39. The largest absolute Gasteiger partial charge is 0.343 e. The summed E-state index contributed by atoms with van der Waals surface area (Å²) in [6.45, 7) is 3.55. The molecule has 0 aromatic heterocycles. The second-order valence-corrected chi connectivity index (χ2v) is 10.8. The number of carbonyl (C=O) groups is 4. The molecule has 2 aliphatic rings. The molecule has 2 aromatic carbocycles. The molecule has 4 rings (SSSR count). The number of halogens is 1. The van der Waals surface area contributed by atoms with E-state index in [1.807, 2.05) is 60.7 Å². The van der Waals surface area contributed by atoms with E-state index in [1.54, 1.807) is 23.8 Å². The molecule has 0 aliphatic carbocycles. The predicted octanol–water partition coefficient (Wildman–Crippen LogP) is 2.46. The summed E-state index contributed by atoms with van der Waals surface area (Å²) >= 11 is 5.98. The van der Waals surface area contributed by atoms with Gasteiger partial charge in [-0.1, -0.05) is 60.7 Å². The standard InChI is InChI=1S/C29H36ClN5O4/c1-19(33(3)30)27(37)31-24-18-34(20(2)36)17-16-23-14-15-25(35(23)29(24)39)28(38)32-26(21-10-6-4-7-11-21)22-12-8-5-9-13-22/h4-13,19,23-26H,14-18H2,1-3H3,(H,31,37)(H,32,38)/t19-,23+,24-,25-/m0/s1. The summed E-state index contributed by atoms with van der Waals surface area (Å²) in [5, 5.41) is 5.97. The molecule has 2 N–H and O–H groups in total. The summed E-state index contributed by atoms with van der Waals surface area (Å²) in [5.74, 6) is -1.21. The quantitative estimate of drug-likeness (QED) is 0.513. The normalized spacial score (nSPS) is 22.2. The number of hydrogen-bond donors (Lipinski definition) is 2. The molecule has 0 saturated carbocycles. The summed E-state index contributed by atoms with van der Waals surface area (Å²) in [4.78, 5) is 56.2. The Morgan fingerprint density at radius 2 is 1.56 bits per heavy atom. The van der Waals surface area contributed by atoms with Crippen LogP contribution in [0.4, 0.5) is 0 Å². The van der Waals surface area contributed by atoms with Crippen LogP contribution in [-0.4, -0.2) is 82.2 Å². The van der Waals surface area contributed by atoms with Crippen LogP contribution in [0.5, 0.6) is 0 Å². The number of nitrogens with zero attached hydrogens (tertiary/aromatic N) is 3. The number of fused-ring (bicyclic) bond motifs is 1. The zero-order valence-electron chi connectivity index (χ0n) is 22.5. The molecule has 9 nitrogen and oxygen atoms in total. The van der Waals surface area contributed by atoms with Gasteiger partial charge in [0.2, 0.25) is 23.6 Å². The molecule has 39 heavy (non-hydrogen) atoms. The highest BCUT2D eigenvalue weighted by molar-refractivity contribution is 6.14. The van der Waals surface area contributed by atoms with Crippen molar-refractivity contribution in [3.8, 4) is 0 Å². The van der Waals surface area contributed by atoms with E-state index in [-0.39, 0.29) is 36.3 Å². The molecule has 0 spiro atoms. The fraction of sp³-hybridized carbons (Fsp3) is 0.448. The van der Waals surface area contributed by atoms with E-state index in [2.05, 4.69) is 10.6 Å². The fourth-order valence-electron chi connectivity index (χ4n) is 5.37. The molecular weight excluding hydrogens is 518 g/mol. The first-order valence-electron chi connectivity index (χ1n) is 13.3. The second kappa shape index (κ2) is 12.6. The monoisotopic (exact) mass is 553 g/mol. The van der Waals surface area contributed by atoms with E-state index in [0.717, 1.165) is 11.1 Å². The number of rotatable bonds is 7. The van der Waals surface area contributed by atoms with Crippen LogP contribution in [0.1, 0.15) is 50.3 Å². The SMILES string of the molecule is CC(=O)N1CC[C@H]2CC[C@@H](C(=O)NC(c3ccccc3)c3ccccc3)N2C(=O)[C@@H](NC(=O)[C@H](C)N(C)Cl)C1. The molecule has 4 amide bonds. The van der Waals surface area contributed by atoms with E-state index in [4.69, 9.17) is 11.8 Å². The first kappa shape index (κ1) is 28.6. The first-order valence-corrected chi connectivity index (χ1v) is 13.7. The molecule has 0 radical (unpaired) electrons. The Bertz CT molecular complexity index is 1140. The highest BCUT2D eigenvalue weighted by Crippen LogP contribution is 2.31. The number of likely N-dealkylation sites (N-methyl/N-ethyl adjacent to an activating group) is 1. The van der Waals surface area contributed by atoms with Crippen molar-refractivity contribution in [2.45, 2.75) is 63.3 Å². The highest BCUT2D eigenvalue weighted by Gasteiger charge is 2.45. The number of hydrogen-bond acceptors (Lipinski definition) is 5. The van der Waals surface area contributed by atoms with Crippen molar-refractivity contribution >= 4 is 35.4 Å². The topological polar surface area (TPSA) is 102 Å². The van der Waals surface area contributed by atoms with E-state index >= 15 is 0 Å². The van der Waals surface area contributed by atoms with E-state index in [1.165, 1.54) is 11.3 Å². The zero-order valence-corrected chi connectivity index (χ0v) is 23.3. The van der Waals surface area contributed by atoms with Crippen LogP contribution in [0, 0.1) is 0 Å². The van der Waals surface area contributed by atoms with Gasteiger partial charge in [0.05, 0.1) is 6.04 Å². The van der Waals surface area contributed by atoms with Gasteiger partial charge >= 0.3 is 0 Å². The van der Waals surface area contributed by atoms with Gasteiger partial charge in [0, 0.05) is 33.1 Å². The van der Waals surface area contributed by atoms with Crippen molar-refractivity contribution in [2.24, 2.45) is 0 Å². The van der Waals surface area contributed by atoms with E-state index in [9.17, 15) is 19.2 Å². The third kappa shape index (κ3) is 6.59. The zero-order chi connectivity index (χ0) is 28.1. The van der Waals surface area contributed by atoms with Crippen molar-refractivity contribution in [2.75, 3.05) is 20.1 Å². The van der Waals surface area contributed by atoms with E-state index in [0.29, 0.717) is 25.8 Å². The molecular formula is C29H36ClN5O4. The minimum Gasteiger partial charge on any atom is -0.343 e. The molecule has 2 heterocycles. The van der Waals surface area contributed by atoms with Crippen LogP contribution in [0.25, 0.3) is 0 Å². The Kier molecular flexibility index (Phi) is 9.24. The lowest BCUT2D eigenvalue weighted by Crippen LogP contribution is -2.62. The van der Waals surface area contributed by atoms with Crippen LogP contribution in [-0.2, 0) is 19.2 Å². The Morgan fingerprint density at radius 3 is 2.10 bits per heavy atom. The average Bonchev–Trinajstić information content (AvgIpc) is 3.35. The summed E-state index contributed by atoms with van der Waals surface area (Å²) in [5.41, 5.74) is 1.87. The van der Waals surface area contributed by atoms with Gasteiger partial charge in [-0.15, -0.1) is 0 Å². The maximum absolute atomic E-state index is 14.0. The Balaban J connectivity index is 1.60. The smallest absolute Gasteiger partial charge is 0.247 e. The number of benzene rings is 2. The van der Waals surface area contributed by atoms with Crippen LogP contribution >= 0.6 is 11.8 Å². The molecule has 0 unspecified atom stereocenters. The van der Waals surface area contributed by atoms with Crippen molar-refractivity contribution in [1.29, 1.82) is 0 Å². The third-order valence-electron chi connectivity index (χ3n) is 7.72. The molecule has 2 aromatic rings. The highest BCUT2D eigenvalue weighted by atomic mass is 35.5. The van der Waals surface area contributed by atoms with Gasteiger partial charge in [0.25, 0.3) is 0 Å². The minimum atomic E-state index is -0.990. The van der Waals surface area contributed by atoms with Gasteiger partial charge in [-0.2, -0.15) is 0 Å². The second-order valence-electron chi connectivity index (χ2n) is 10.3. The number of amides is 4. The maximum Gasteiger partial charge on any atom is 0.247 e. The van der Waals surface area contributed by atoms with Gasteiger partial charge < -0.3 is 20.4 Å². The fourth-order valence-corrected chi connectivity index (χ4v) is 5.46. The van der Waals surface area contributed by atoms with Gasteiger partial charge in [-0.25, -0.2) is 4.42 Å². The lowest BCUT2D eigenvalue weighted by atomic mass is 9.98. The summed E-state index contributed by atoms with van der Waals surface area (Å²) < 4.78 is 1.23. The average molecular weight is 554 g/mol. The van der Waals surface area contributed by atoms with Crippen LogP contribution in [0.15, 0.2) is 60.7 Å². The van der Waals surface area contributed by atoms with Gasteiger partial charge in [-0.05, 0) is 49.1 Å². The Hall–Kier alpha value is -3.43. The maximum atomic E-state index is 14.0. The molecule has 2 fully saturated rings. The number of nitrogens with one attached hydrogen (secondary N) is 2. The molecule has 4 atom stereocenters. The van der Waals surface area contributed by atoms with Crippen LogP contribution in [0.3, 0.4) is 0 Å². The summed E-state index contributed by atoms with van der Waals surface area (Å²) in [6.07, 6.45) is 1.70. The van der Waals surface area contributed by atoms with Crippen LogP contribution < -0.4 is 10.6 Å². The van der Waals surface area contributed by atoms with E-state index < -0.39 is 24.0 Å².